The molecule has 1 aromatic heterocycles. The van der Waals surface area contributed by atoms with E-state index >= 15 is 0 Å². The van der Waals surface area contributed by atoms with Crippen LogP contribution in [0, 0.1) is 5.92 Å². The van der Waals surface area contributed by atoms with Crippen LogP contribution in [0.4, 0.5) is 0 Å². The highest BCUT2D eigenvalue weighted by Crippen LogP contribution is 2.42. The molecule has 2 aliphatic rings. The number of hydrogen-bond donors (Lipinski definition) is 1. The molecule has 7 nitrogen and oxygen atoms in total. The first kappa shape index (κ1) is 15.5. The van der Waals surface area contributed by atoms with Crippen molar-refractivity contribution < 1.29 is 22.4 Å². The summed E-state index contributed by atoms with van der Waals surface area (Å²) in [6.45, 7) is 2.18. The van der Waals surface area contributed by atoms with E-state index in [4.69, 9.17) is 9.15 Å². The van der Waals surface area contributed by atoms with E-state index in [1.807, 2.05) is 0 Å². The molecule has 0 aliphatic carbocycles. The maximum absolute atomic E-state index is 12.2. The smallest absolute Gasteiger partial charge is 0.257 e. The van der Waals surface area contributed by atoms with E-state index in [0.717, 1.165) is 19.1 Å². The molecule has 8 heteroatoms. The van der Waals surface area contributed by atoms with E-state index in [-0.39, 0.29) is 17.4 Å². The third-order valence-corrected chi connectivity index (χ3v) is 5.16. The van der Waals surface area contributed by atoms with Gasteiger partial charge in [-0.15, -0.1) is 0 Å². The van der Waals surface area contributed by atoms with Gasteiger partial charge in [0.1, 0.15) is 11.9 Å². The number of amides is 1. The average Bonchev–Trinajstić information content (AvgIpc) is 3.03. The van der Waals surface area contributed by atoms with Crippen LogP contribution in [-0.2, 0) is 14.8 Å². The summed E-state index contributed by atoms with van der Waals surface area (Å²) in [5.74, 6) is 0.220. The molecule has 22 heavy (non-hydrogen) atoms. The Kier molecular flexibility index (Phi) is 4.00. The molecule has 2 fully saturated rings. The molecule has 1 amide bonds. The maximum atomic E-state index is 12.2. The van der Waals surface area contributed by atoms with Gasteiger partial charge in [-0.25, -0.2) is 13.1 Å². The van der Waals surface area contributed by atoms with Crippen LogP contribution in [0.3, 0.4) is 0 Å². The van der Waals surface area contributed by atoms with Gasteiger partial charge in [0.25, 0.3) is 5.91 Å². The summed E-state index contributed by atoms with van der Waals surface area (Å²) in [6, 6.07) is 1.65. The van der Waals surface area contributed by atoms with Gasteiger partial charge in [-0.05, 0) is 24.8 Å². The second-order valence-corrected chi connectivity index (χ2v) is 7.86. The number of sulfonamides is 1. The van der Waals surface area contributed by atoms with Crippen LogP contribution >= 0.6 is 0 Å². The molecule has 0 aromatic carbocycles. The molecule has 0 saturated carbocycles. The Morgan fingerprint density at radius 1 is 1.50 bits per heavy atom. The van der Waals surface area contributed by atoms with Gasteiger partial charge < -0.3 is 14.1 Å². The predicted octanol–water partition coefficient (Wildman–Crippen LogP) is 0.450. The minimum atomic E-state index is -3.16. The summed E-state index contributed by atoms with van der Waals surface area (Å²) in [4.78, 5) is 13.9. The van der Waals surface area contributed by atoms with E-state index in [1.165, 1.54) is 12.5 Å². The molecule has 3 heterocycles. The molecule has 0 bridgehead atoms. The molecule has 1 aromatic rings. The Bertz CT molecular complexity index is 634. The number of nitrogens with zero attached hydrogens (tertiary/aromatic N) is 1. The quantitative estimate of drug-likeness (QED) is 0.848. The summed E-state index contributed by atoms with van der Waals surface area (Å²) in [5, 5.41) is 0. The van der Waals surface area contributed by atoms with Gasteiger partial charge in [-0.2, -0.15) is 0 Å². The van der Waals surface area contributed by atoms with Crippen molar-refractivity contribution in [3.05, 3.63) is 24.2 Å². The molecule has 2 aliphatic heterocycles. The molecule has 0 radical (unpaired) electrons. The molecule has 3 rings (SSSR count). The number of ether oxygens (including phenoxy) is 1. The van der Waals surface area contributed by atoms with E-state index in [1.54, 1.807) is 11.0 Å². The summed E-state index contributed by atoms with van der Waals surface area (Å²) in [6.07, 6.45) is 5.70. The first-order valence-corrected chi connectivity index (χ1v) is 9.19. The first-order chi connectivity index (χ1) is 10.4. The highest BCUT2D eigenvalue weighted by atomic mass is 32.2. The van der Waals surface area contributed by atoms with Crippen LogP contribution in [0.25, 0.3) is 0 Å². The van der Waals surface area contributed by atoms with Crippen molar-refractivity contribution in [2.75, 3.05) is 32.5 Å². The molecule has 1 spiro atoms. The highest BCUT2D eigenvalue weighted by molar-refractivity contribution is 7.88. The fourth-order valence-electron chi connectivity index (χ4n) is 3.27. The van der Waals surface area contributed by atoms with Crippen LogP contribution in [0.15, 0.2) is 23.0 Å². The van der Waals surface area contributed by atoms with Crippen LogP contribution < -0.4 is 4.72 Å². The number of rotatable bonds is 5. The number of likely N-dealkylation sites (tertiary alicyclic amines) is 1. The molecule has 1 atom stereocenters. The molecule has 1 unspecified atom stereocenters. The average molecular weight is 328 g/mol. The van der Waals surface area contributed by atoms with Gasteiger partial charge >= 0.3 is 0 Å². The Hall–Kier alpha value is -1.38. The lowest BCUT2D eigenvalue weighted by atomic mass is 9.79. The Labute approximate surface area is 129 Å². The SMILES string of the molecule is CS(=O)(=O)NCCC1CCOC12CN(C(=O)c1ccoc1)C2. The van der Waals surface area contributed by atoms with Crippen molar-refractivity contribution in [2.45, 2.75) is 18.4 Å². The monoisotopic (exact) mass is 328 g/mol. The number of carbonyl (C=O) groups excluding carboxylic acids is 1. The second-order valence-electron chi connectivity index (χ2n) is 6.03. The number of nitrogens with one attached hydrogen (secondary N) is 1. The Morgan fingerprint density at radius 3 is 2.91 bits per heavy atom. The first-order valence-electron chi connectivity index (χ1n) is 7.30. The topological polar surface area (TPSA) is 88.9 Å². The second kappa shape index (κ2) is 5.68. The van der Waals surface area contributed by atoms with Crippen LogP contribution in [0.2, 0.25) is 0 Å². The molecule has 2 saturated heterocycles. The number of carbonyl (C=O) groups is 1. The lowest BCUT2D eigenvalue weighted by Gasteiger charge is -2.50. The lowest BCUT2D eigenvalue weighted by Crippen LogP contribution is -2.66. The summed E-state index contributed by atoms with van der Waals surface area (Å²) in [5.41, 5.74) is 0.238. The van der Waals surface area contributed by atoms with Gasteiger partial charge in [0, 0.05) is 13.2 Å². The van der Waals surface area contributed by atoms with Crippen molar-refractivity contribution in [1.82, 2.24) is 9.62 Å². The van der Waals surface area contributed by atoms with Crippen molar-refractivity contribution in [2.24, 2.45) is 5.92 Å². The zero-order valence-electron chi connectivity index (χ0n) is 12.4. The Morgan fingerprint density at radius 2 is 2.27 bits per heavy atom. The van der Waals surface area contributed by atoms with Crippen molar-refractivity contribution in [3.8, 4) is 0 Å². The fraction of sp³-hybridized carbons (Fsp3) is 0.643. The van der Waals surface area contributed by atoms with Crippen molar-refractivity contribution >= 4 is 15.9 Å². The number of furan rings is 1. The minimum absolute atomic E-state index is 0.0529. The van der Waals surface area contributed by atoms with Gasteiger partial charge in [-0.3, -0.25) is 4.79 Å². The summed E-state index contributed by atoms with van der Waals surface area (Å²) < 4.78 is 35.6. The van der Waals surface area contributed by atoms with Gasteiger partial charge in [-0.1, -0.05) is 0 Å². The summed E-state index contributed by atoms with van der Waals surface area (Å²) >= 11 is 0. The van der Waals surface area contributed by atoms with E-state index in [9.17, 15) is 13.2 Å². The van der Waals surface area contributed by atoms with E-state index in [0.29, 0.717) is 31.8 Å². The molecule has 122 valence electrons. The van der Waals surface area contributed by atoms with Crippen molar-refractivity contribution in [3.63, 3.8) is 0 Å². The predicted molar refractivity (Wildman–Crippen MR) is 78.9 cm³/mol. The van der Waals surface area contributed by atoms with Gasteiger partial charge in [0.15, 0.2) is 0 Å². The lowest BCUT2D eigenvalue weighted by molar-refractivity contribution is -0.117. The maximum Gasteiger partial charge on any atom is 0.257 e. The van der Waals surface area contributed by atoms with Crippen LogP contribution in [0.5, 0.6) is 0 Å². The molecule has 1 N–H and O–H groups in total. The molecular formula is C14H20N2O5S. The van der Waals surface area contributed by atoms with Crippen molar-refractivity contribution in [1.29, 1.82) is 0 Å². The standard InChI is InChI=1S/C14H20N2O5S/c1-22(18,19)15-5-2-12-4-7-21-14(12)9-16(10-14)13(17)11-3-6-20-8-11/h3,6,8,12,15H,2,4-5,7,9-10H2,1H3. The van der Waals surface area contributed by atoms with Crippen LogP contribution in [0.1, 0.15) is 23.2 Å². The van der Waals surface area contributed by atoms with E-state index < -0.39 is 10.0 Å². The van der Waals surface area contributed by atoms with E-state index in [2.05, 4.69) is 4.72 Å². The third-order valence-electron chi connectivity index (χ3n) is 4.43. The normalized spacial score (nSPS) is 23.7. The largest absolute Gasteiger partial charge is 0.472 e. The van der Waals surface area contributed by atoms with Gasteiger partial charge in [0.05, 0.1) is 31.2 Å². The fourth-order valence-corrected chi connectivity index (χ4v) is 3.76. The summed E-state index contributed by atoms with van der Waals surface area (Å²) in [7, 11) is -3.16. The number of hydrogen-bond acceptors (Lipinski definition) is 5. The minimum Gasteiger partial charge on any atom is -0.472 e. The Balaban J connectivity index is 1.55. The van der Waals surface area contributed by atoms with Gasteiger partial charge in [0.2, 0.25) is 10.0 Å². The van der Waals surface area contributed by atoms with Crippen LogP contribution in [-0.4, -0.2) is 57.3 Å². The zero-order chi connectivity index (χ0) is 15.8. The molecular weight excluding hydrogens is 308 g/mol. The highest BCUT2D eigenvalue weighted by Gasteiger charge is 2.54. The third kappa shape index (κ3) is 3.04. The zero-order valence-corrected chi connectivity index (χ0v) is 13.3.